The van der Waals surface area contributed by atoms with Gasteiger partial charge in [-0.15, -0.1) is 0 Å². The Labute approximate surface area is 116 Å². The average Bonchev–Trinajstić information content (AvgIpc) is 2.42. The van der Waals surface area contributed by atoms with E-state index in [1.807, 2.05) is 0 Å². The number of hydrogen-bond acceptors (Lipinski definition) is 3. The third-order valence-electron chi connectivity index (χ3n) is 3.20. The second-order valence-corrected chi connectivity index (χ2v) is 4.61. The van der Waals surface area contributed by atoms with Gasteiger partial charge in [0.05, 0.1) is 13.0 Å². The maximum Gasteiger partial charge on any atom is 0.242 e. The molecule has 1 heterocycles. The molecule has 20 heavy (non-hydrogen) atoms. The van der Waals surface area contributed by atoms with Gasteiger partial charge in [0.2, 0.25) is 11.8 Å². The van der Waals surface area contributed by atoms with Crippen molar-refractivity contribution >= 4 is 11.8 Å². The second-order valence-electron chi connectivity index (χ2n) is 4.61. The number of nitrogens with zero attached hydrogens (tertiary/aromatic N) is 1. The Kier molecular flexibility index (Phi) is 4.55. The van der Waals surface area contributed by atoms with Gasteiger partial charge in [0.15, 0.2) is 0 Å². The number of nitrogens with one attached hydrogen (secondary N) is 1. The molecule has 1 N–H and O–H groups in total. The summed E-state index contributed by atoms with van der Waals surface area (Å²) in [7, 11) is 0. The SMILES string of the molecule is CC1C(=O)NCCN1C(=O)CCOc1cccc(F)c1. The number of carbonyl (C=O) groups is 2. The largest absolute Gasteiger partial charge is 0.493 e. The molecule has 1 aliphatic heterocycles. The molecule has 1 aliphatic rings. The van der Waals surface area contributed by atoms with Gasteiger partial charge in [0.1, 0.15) is 17.6 Å². The van der Waals surface area contributed by atoms with Crippen LogP contribution < -0.4 is 10.1 Å². The van der Waals surface area contributed by atoms with Crippen LogP contribution in [0.2, 0.25) is 0 Å². The zero-order valence-corrected chi connectivity index (χ0v) is 11.3. The Hall–Kier alpha value is -2.11. The lowest BCUT2D eigenvalue weighted by molar-refractivity contribution is -0.142. The van der Waals surface area contributed by atoms with Crippen molar-refractivity contribution in [2.45, 2.75) is 19.4 Å². The molecule has 6 heteroatoms. The first-order valence-electron chi connectivity index (χ1n) is 6.53. The van der Waals surface area contributed by atoms with Gasteiger partial charge in [-0.1, -0.05) is 6.07 Å². The first-order chi connectivity index (χ1) is 9.58. The Morgan fingerprint density at radius 1 is 1.55 bits per heavy atom. The number of amides is 2. The molecular weight excluding hydrogens is 263 g/mol. The monoisotopic (exact) mass is 280 g/mol. The van der Waals surface area contributed by atoms with Crippen LogP contribution in [0.1, 0.15) is 13.3 Å². The van der Waals surface area contributed by atoms with Gasteiger partial charge in [-0.3, -0.25) is 9.59 Å². The van der Waals surface area contributed by atoms with Gasteiger partial charge in [-0.25, -0.2) is 4.39 Å². The third kappa shape index (κ3) is 3.46. The van der Waals surface area contributed by atoms with E-state index in [-0.39, 0.29) is 30.7 Å². The fourth-order valence-electron chi connectivity index (χ4n) is 2.08. The summed E-state index contributed by atoms with van der Waals surface area (Å²) >= 11 is 0. The van der Waals surface area contributed by atoms with Crippen LogP contribution in [0.15, 0.2) is 24.3 Å². The summed E-state index contributed by atoms with van der Waals surface area (Å²) in [5, 5.41) is 2.70. The number of ether oxygens (including phenoxy) is 1. The molecule has 1 fully saturated rings. The number of carbonyl (C=O) groups excluding carboxylic acids is 2. The molecule has 2 amide bonds. The zero-order valence-electron chi connectivity index (χ0n) is 11.3. The summed E-state index contributed by atoms with van der Waals surface area (Å²) in [6.45, 7) is 2.83. The lowest BCUT2D eigenvalue weighted by Gasteiger charge is -2.32. The van der Waals surface area contributed by atoms with Crippen molar-refractivity contribution in [2.75, 3.05) is 19.7 Å². The zero-order chi connectivity index (χ0) is 14.5. The molecule has 0 bridgehead atoms. The van der Waals surface area contributed by atoms with E-state index in [0.717, 1.165) is 0 Å². The normalized spacial score (nSPS) is 18.6. The number of piperazine rings is 1. The van der Waals surface area contributed by atoms with E-state index in [1.165, 1.54) is 17.0 Å². The summed E-state index contributed by atoms with van der Waals surface area (Å²) in [4.78, 5) is 25.0. The van der Waals surface area contributed by atoms with Crippen molar-refractivity contribution in [3.63, 3.8) is 0 Å². The highest BCUT2D eigenvalue weighted by atomic mass is 19.1. The summed E-state index contributed by atoms with van der Waals surface area (Å²) in [5.41, 5.74) is 0. The van der Waals surface area contributed by atoms with Crippen molar-refractivity contribution in [1.29, 1.82) is 0 Å². The highest BCUT2D eigenvalue weighted by Crippen LogP contribution is 2.13. The summed E-state index contributed by atoms with van der Waals surface area (Å²) in [6, 6.07) is 5.31. The minimum atomic E-state index is -0.453. The van der Waals surface area contributed by atoms with Crippen molar-refractivity contribution in [1.82, 2.24) is 10.2 Å². The minimum absolute atomic E-state index is 0.135. The van der Waals surface area contributed by atoms with Gasteiger partial charge >= 0.3 is 0 Å². The van der Waals surface area contributed by atoms with Crippen LogP contribution >= 0.6 is 0 Å². The molecule has 108 valence electrons. The summed E-state index contributed by atoms with van der Waals surface area (Å²) in [6.07, 6.45) is 0.161. The molecule has 2 rings (SSSR count). The van der Waals surface area contributed by atoms with E-state index in [4.69, 9.17) is 4.74 Å². The number of hydrogen-bond donors (Lipinski definition) is 1. The third-order valence-corrected chi connectivity index (χ3v) is 3.20. The molecule has 1 unspecified atom stereocenters. The average molecular weight is 280 g/mol. The fourth-order valence-corrected chi connectivity index (χ4v) is 2.08. The maximum atomic E-state index is 12.9. The Bertz CT molecular complexity index is 507. The molecule has 1 aromatic rings. The quantitative estimate of drug-likeness (QED) is 0.893. The summed E-state index contributed by atoms with van der Waals surface area (Å²) < 4.78 is 18.3. The van der Waals surface area contributed by atoms with E-state index < -0.39 is 6.04 Å². The van der Waals surface area contributed by atoms with E-state index in [0.29, 0.717) is 18.8 Å². The molecule has 1 saturated heterocycles. The van der Waals surface area contributed by atoms with Crippen molar-refractivity contribution < 1.29 is 18.7 Å². The highest BCUT2D eigenvalue weighted by molar-refractivity contribution is 5.88. The Balaban J connectivity index is 1.81. The molecule has 5 nitrogen and oxygen atoms in total. The molecule has 0 spiro atoms. The van der Waals surface area contributed by atoms with Crippen molar-refractivity contribution in [3.8, 4) is 5.75 Å². The number of benzene rings is 1. The highest BCUT2D eigenvalue weighted by Gasteiger charge is 2.28. The predicted octanol–water partition coefficient (Wildman–Crippen LogP) is 0.941. The smallest absolute Gasteiger partial charge is 0.242 e. The molecule has 0 aromatic heterocycles. The fraction of sp³-hybridized carbons (Fsp3) is 0.429. The molecular formula is C14H17FN2O3. The minimum Gasteiger partial charge on any atom is -0.493 e. The van der Waals surface area contributed by atoms with E-state index in [2.05, 4.69) is 5.32 Å². The first kappa shape index (κ1) is 14.3. The lowest BCUT2D eigenvalue weighted by Crippen LogP contribution is -2.56. The van der Waals surface area contributed by atoms with Crippen LogP contribution in [-0.4, -0.2) is 42.5 Å². The van der Waals surface area contributed by atoms with Gasteiger partial charge < -0.3 is 15.0 Å². The van der Waals surface area contributed by atoms with Crippen molar-refractivity contribution in [2.24, 2.45) is 0 Å². The Morgan fingerprint density at radius 2 is 2.35 bits per heavy atom. The molecule has 0 radical (unpaired) electrons. The van der Waals surface area contributed by atoms with Gasteiger partial charge in [-0.2, -0.15) is 0 Å². The Morgan fingerprint density at radius 3 is 3.10 bits per heavy atom. The van der Waals surface area contributed by atoms with E-state index >= 15 is 0 Å². The molecule has 1 atom stereocenters. The van der Waals surface area contributed by atoms with Crippen LogP contribution in [-0.2, 0) is 9.59 Å². The van der Waals surface area contributed by atoms with Gasteiger partial charge in [-0.05, 0) is 19.1 Å². The second kappa shape index (κ2) is 6.36. The topological polar surface area (TPSA) is 58.6 Å². The lowest BCUT2D eigenvalue weighted by atomic mass is 10.2. The predicted molar refractivity (Wildman–Crippen MR) is 70.7 cm³/mol. The van der Waals surface area contributed by atoms with Crippen LogP contribution in [0.25, 0.3) is 0 Å². The number of rotatable bonds is 4. The van der Waals surface area contributed by atoms with E-state index in [9.17, 15) is 14.0 Å². The van der Waals surface area contributed by atoms with Gasteiger partial charge in [0, 0.05) is 19.2 Å². The van der Waals surface area contributed by atoms with Crippen LogP contribution in [0.5, 0.6) is 5.75 Å². The van der Waals surface area contributed by atoms with Gasteiger partial charge in [0.25, 0.3) is 0 Å². The van der Waals surface area contributed by atoms with E-state index in [1.54, 1.807) is 19.1 Å². The first-order valence-corrected chi connectivity index (χ1v) is 6.53. The molecule has 0 aliphatic carbocycles. The summed E-state index contributed by atoms with van der Waals surface area (Å²) in [5.74, 6) is -0.267. The maximum absolute atomic E-state index is 12.9. The van der Waals surface area contributed by atoms with Crippen LogP contribution in [0.4, 0.5) is 4.39 Å². The molecule has 0 saturated carbocycles. The molecule has 1 aromatic carbocycles. The standard InChI is InChI=1S/C14H17FN2O3/c1-10-14(19)16-6-7-17(10)13(18)5-8-20-12-4-2-3-11(15)9-12/h2-4,9-10H,5-8H2,1H3,(H,16,19). The van der Waals surface area contributed by atoms with Crippen molar-refractivity contribution in [3.05, 3.63) is 30.1 Å². The number of halogens is 1. The van der Waals surface area contributed by atoms with Crippen LogP contribution in [0, 0.1) is 5.82 Å². The van der Waals surface area contributed by atoms with Crippen LogP contribution in [0.3, 0.4) is 0 Å².